The Bertz CT molecular complexity index is 1900. The predicted molar refractivity (Wildman–Crippen MR) is 185 cm³/mol. The van der Waals surface area contributed by atoms with Crippen molar-refractivity contribution in [3.8, 4) is 11.4 Å². The van der Waals surface area contributed by atoms with Crippen molar-refractivity contribution in [2.24, 2.45) is 0 Å². The van der Waals surface area contributed by atoms with Crippen LogP contribution in [0.3, 0.4) is 0 Å². The highest BCUT2D eigenvalue weighted by atomic mass is 19.4. The normalized spacial score (nSPS) is 14.3. The maximum Gasteiger partial charge on any atom is 0.419 e. The van der Waals surface area contributed by atoms with Crippen LogP contribution in [0.5, 0.6) is 5.75 Å². The van der Waals surface area contributed by atoms with E-state index in [-0.39, 0.29) is 37.5 Å². The third kappa shape index (κ3) is 9.52. The molecule has 11 nitrogen and oxygen atoms in total. The van der Waals surface area contributed by atoms with Crippen molar-refractivity contribution in [1.82, 2.24) is 24.7 Å². The van der Waals surface area contributed by atoms with Crippen LogP contribution >= 0.6 is 0 Å². The molecule has 2 amide bonds. The van der Waals surface area contributed by atoms with E-state index in [2.05, 4.69) is 10.2 Å². The number of nitrogens with zero attached hydrogens (tertiary/aromatic N) is 4. The van der Waals surface area contributed by atoms with E-state index in [9.17, 15) is 31.9 Å². The first-order chi connectivity index (χ1) is 25.0. The number of carbonyl (C=O) groups excluding carboxylic acids is 2. The van der Waals surface area contributed by atoms with Gasteiger partial charge in [-0.15, -0.1) is 0 Å². The highest BCUT2D eigenvalue weighted by Gasteiger charge is 2.35. The molecule has 15 heteroatoms. The molecule has 1 aliphatic heterocycles. The number of rotatable bonds is 15. The summed E-state index contributed by atoms with van der Waals surface area (Å²) >= 11 is 0. The predicted octanol–water partition coefficient (Wildman–Crippen LogP) is 4.54. The molecule has 0 spiro atoms. The average Bonchev–Trinajstić information content (AvgIpc) is 3.11. The zero-order valence-electron chi connectivity index (χ0n) is 29.0. The molecule has 1 N–H and O–H groups in total. The minimum Gasteiger partial charge on any atom is -0.494 e. The van der Waals surface area contributed by atoms with Gasteiger partial charge >= 0.3 is 6.18 Å². The summed E-state index contributed by atoms with van der Waals surface area (Å²) in [5, 5.41) is 3.11. The van der Waals surface area contributed by atoms with Crippen molar-refractivity contribution in [3.63, 3.8) is 0 Å². The number of carbonyl (C=O) groups is 2. The molecule has 278 valence electrons. The first-order valence-electron chi connectivity index (χ1n) is 17.0. The van der Waals surface area contributed by atoms with Gasteiger partial charge in [0.2, 0.25) is 11.8 Å². The van der Waals surface area contributed by atoms with Crippen LogP contribution in [0.2, 0.25) is 0 Å². The molecule has 52 heavy (non-hydrogen) atoms. The Kier molecular flexibility index (Phi) is 13.0. The van der Waals surface area contributed by atoms with Gasteiger partial charge in [-0.05, 0) is 67.4 Å². The van der Waals surface area contributed by atoms with Crippen molar-refractivity contribution in [3.05, 3.63) is 99.9 Å². The number of hydrogen-bond donors (Lipinski definition) is 1. The number of alkyl halides is 3. The molecule has 0 radical (unpaired) electrons. The van der Waals surface area contributed by atoms with Gasteiger partial charge < -0.3 is 24.4 Å². The van der Waals surface area contributed by atoms with Gasteiger partial charge in [-0.2, -0.15) is 13.2 Å². The Morgan fingerprint density at radius 2 is 1.79 bits per heavy atom. The Morgan fingerprint density at radius 3 is 2.46 bits per heavy atom. The summed E-state index contributed by atoms with van der Waals surface area (Å²) in [6.07, 6.45) is -5.25. The van der Waals surface area contributed by atoms with Crippen molar-refractivity contribution in [2.45, 2.75) is 32.0 Å². The average molecular weight is 728 g/mol. The Balaban J connectivity index is 1.63. The third-order valence-electron chi connectivity index (χ3n) is 8.67. The lowest BCUT2D eigenvalue weighted by Crippen LogP contribution is -2.46. The van der Waals surface area contributed by atoms with E-state index in [0.29, 0.717) is 73.9 Å². The van der Waals surface area contributed by atoms with Crippen LogP contribution in [-0.2, 0) is 31.7 Å². The highest BCUT2D eigenvalue weighted by Crippen LogP contribution is 2.32. The summed E-state index contributed by atoms with van der Waals surface area (Å²) in [4.78, 5) is 49.7. The quantitative estimate of drug-likeness (QED) is 0.178. The monoisotopic (exact) mass is 727 g/mol. The number of morpholine rings is 1. The van der Waals surface area contributed by atoms with Crippen LogP contribution in [-0.4, -0.2) is 97.4 Å². The summed E-state index contributed by atoms with van der Waals surface area (Å²) in [7, 11) is 1.38. The zero-order chi connectivity index (χ0) is 37.3. The molecule has 5 rings (SSSR count). The molecule has 0 saturated carbocycles. The highest BCUT2D eigenvalue weighted by molar-refractivity contribution is 5.80. The molecule has 1 fully saturated rings. The second-order valence-electron chi connectivity index (χ2n) is 12.2. The molecule has 1 saturated heterocycles. The van der Waals surface area contributed by atoms with Gasteiger partial charge in [-0.1, -0.05) is 18.2 Å². The van der Waals surface area contributed by atoms with E-state index in [1.807, 2.05) is 6.92 Å². The lowest BCUT2D eigenvalue weighted by molar-refractivity contribution is -0.140. The van der Waals surface area contributed by atoms with Gasteiger partial charge in [0.15, 0.2) is 0 Å². The van der Waals surface area contributed by atoms with Crippen LogP contribution in [0, 0.1) is 5.82 Å². The molecule has 1 aliphatic rings. The van der Waals surface area contributed by atoms with Crippen molar-refractivity contribution in [2.75, 3.05) is 66.3 Å². The largest absolute Gasteiger partial charge is 0.494 e. The van der Waals surface area contributed by atoms with Crippen molar-refractivity contribution >= 4 is 22.7 Å². The number of halogens is 4. The van der Waals surface area contributed by atoms with E-state index in [0.717, 1.165) is 6.07 Å². The molecule has 1 unspecified atom stereocenters. The fraction of sp³-hybridized carbons (Fsp3) is 0.405. The maximum absolute atomic E-state index is 14.7. The van der Waals surface area contributed by atoms with Gasteiger partial charge in [0.05, 0.1) is 54.4 Å². The lowest BCUT2D eigenvalue weighted by atomic mass is 10.0. The molecule has 1 aromatic heterocycles. The van der Waals surface area contributed by atoms with Crippen LogP contribution in [0.1, 0.15) is 36.3 Å². The van der Waals surface area contributed by atoms with Gasteiger partial charge in [0, 0.05) is 39.8 Å². The number of benzene rings is 3. The van der Waals surface area contributed by atoms with E-state index in [4.69, 9.17) is 19.2 Å². The van der Waals surface area contributed by atoms with Crippen LogP contribution < -0.4 is 15.6 Å². The molecule has 4 aromatic rings. The molecular formula is C37H41F4N5O6. The van der Waals surface area contributed by atoms with Crippen LogP contribution in [0.4, 0.5) is 17.6 Å². The second kappa shape index (κ2) is 17.6. The first kappa shape index (κ1) is 38.4. The molecule has 0 aliphatic carbocycles. The number of nitrogens with one attached hydrogen (secondary N) is 1. The van der Waals surface area contributed by atoms with Crippen molar-refractivity contribution < 1.29 is 41.4 Å². The lowest BCUT2D eigenvalue weighted by Gasteiger charge is -2.35. The summed E-state index contributed by atoms with van der Waals surface area (Å²) in [6, 6.07) is 15.1. The third-order valence-corrected chi connectivity index (χ3v) is 8.67. The van der Waals surface area contributed by atoms with Gasteiger partial charge in [-0.25, -0.2) is 9.37 Å². The number of para-hydroxylation sites is 1. The summed E-state index contributed by atoms with van der Waals surface area (Å²) in [6.45, 7) is 4.85. The SMILES string of the molecule is CCOc1ccc(-n2c(C(CCNC(=O)COC)N(CCN3CCOCC3)C(=O)Cc3ccc(C(F)(F)F)c(F)c3)nc3ccccc3c2=O)cc1. The summed E-state index contributed by atoms with van der Waals surface area (Å²) in [5.41, 5.74) is -0.973. The zero-order valence-corrected chi connectivity index (χ0v) is 29.0. The molecule has 0 bridgehead atoms. The number of hydrogen-bond acceptors (Lipinski definition) is 8. The van der Waals surface area contributed by atoms with Crippen molar-refractivity contribution in [1.29, 1.82) is 0 Å². The summed E-state index contributed by atoms with van der Waals surface area (Å²) < 4.78 is 72.1. The number of fused-ring (bicyclic) bond motifs is 1. The van der Waals surface area contributed by atoms with Crippen LogP contribution in [0.25, 0.3) is 16.6 Å². The second-order valence-corrected chi connectivity index (χ2v) is 12.2. The fourth-order valence-corrected chi connectivity index (χ4v) is 6.14. The van der Waals surface area contributed by atoms with E-state index in [1.54, 1.807) is 48.5 Å². The molecule has 3 aromatic carbocycles. The summed E-state index contributed by atoms with van der Waals surface area (Å²) in [5.74, 6) is -1.65. The van der Waals surface area contributed by atoms with E-state index in [1.165, 1.54) is 16.6 Å². The topological polar surface area (TPSA) is 115 Å². The number of aromatic nitrogens is 2. The number of ether oxygens (including phenoxy) is 3. The first-order valence-corrected chi connectivity index (χ1v) is 17.0. The Morgan fingerprint density at radius 1 is 1.06 bits per heavy atom. The minimum atomic E-state index is -4.90. The molecule has 1 atom stereocenters. The van der Waals surface area contributed by atoms with Gasteiger partial charge in [0.25, 0.3) is 5.56 Å². The standard InChI is InChI=1S/C37H41F4N5O6/c1-3-52-27-11-9-26(10-12-27)46-35(43-31-7-5-4-6-28(31)36(46)49)32(14-15-42-33(47)24-50-2)45(17-16-44-18-20-51-21-19-44)34(48)23-25-8-13-29(30(38)22-25)37(39,40)41/h4-13,22,32H,3,14-21,23-24H2,1-2H3,(H,42,47). The number of amides is 2. The number of methoxy groups -OCH3 is 1. The smallest absolute Gasteiger partial charge is 0.419 e. The minimum absolute atomic E-state index is 0.0365. The molecule has 2 heterocycles. The fourth-order valence-electron chi connectivity index (χ4n) is 6.14. The van der Waals surface area contributed by atoms with E-state index >= 15 is 0 Å². The van der Waals surface area contributed by atoms with Gasteiger partial charge in [0.1, 0.15) is 24.0 Å². The Hall–Kier alpha value is -4.86. The maximum atomic E-state index is 14.7. The van der Waals surface area contributed by atoms with Crippen LogP contribution in [0.15, 0.2) is 71.5 Å². The Labute approximate surface area is 298 Å². The van der Waals surface area contributed by atoms with Gasteiger partial charge in [-0.3, -0.25) is 23.9 Å². The van der Waals surface area contributed by atoms with E-state index < -0.39 is 47.4 Å². The molecular weight excluding hydrogens is 686 g/mol.